The van der Waals surface area contributed by atoms with Gasteiger partial charge in [0.15, 0.2) is 5.76 Å². The maximum absolute atomic E-state index is 11.7. The van der Waals surface area contributed by atoms with Crippen LogP contribution in [-0.4, -0.2) is 32.1 Å². The molecular formula is C13H14O5. The third kappa shape index (κ3) is 2.88. The van der Waals surface area contributed by atoms with Gasteiger partial charge in [-0.2, -0.15) is 0 Å². The molecule has 0 bridgehead atoms. The van der Waals surface area contributed by atoms with Crippen LogP contribution in [0, 0.1) is 0 Å². The van der Waals surface area contributed by atoms with E-state index in [1.807, 2.05) is 0 Å². The predicted molar refractivity (Wildman–Crippen MR) is 64.4 cm³/mol. The van der Waals surface area contributed by atoms with Gasteiger partial charge >= 0.3 is 5.97 Å². The van der Waals surface area contributed by atoms with Gasteiger partial charge in [-0.3, -0.25) is 4.79 Å². The van der Waals surface area contributed by atoms with Gasteiger partial charge in [-0.25, -0.2) is 4.79 Å². The summed E-state index contributed by atoms with van der Waals surface area (Å²) in [6.07, 6.45) is 4.10. The molecule has 18 heavy (non-hydrogen) atoms. The number of hydrogen-bond acceptors (Lipinski definition) is 5. The van der Waals surface area contributed by atoms with Crippen LogP contribution in [0.3, 0.4) is 0 Å². The van der Waals surface area contributed by atoms with Crippen molar-refractivity contribution >= 4 is 11.8 Å². The molecule has 0 aromatic heterocycles. The number of hydrogen-bond donors (Lipinski definition) is 0. The zero-order chi connectivity index (χ0) is 13.5. The number of ketones is 1. The zero-order valence-electron chi connectivity index (χ0n) is 10.1. The molecule has 0 saturated heterocycles. The fourth-order valence-electron chi connectivity index (χ4n) is 1.26. The lowest BCUT2D eigenvalue weighted by molar-refractivity contribution is -0.135. The van der Waals surface area contributed by atoms with Crippen LogP contribution in [0.5, 0.6) is 0 Å². The average Bonchev–Trinajstić information content (AvgIpc) is 2.39. The van der Waals surface area contributed by atoms with Crippen molar-refractivity contribution in [3.8, 4) is 0 Å². The number of methoxy groups -OCH3 is 1. The van der Waals surface area contributed by atoms with E-state index in [1.54, 1.807) is 0 Å². The number of carbonyl (C=O) groups is 2. The molecule has 1 aliphatic carbocycles. The minimum absolute atomic E-state index is 0.0897. The van der Waals surface area contributed by atoms with E-state index >= 15 is 0 Å². The normalized spacial score (nSPS) is 16.1. The van der Waals surface area contributed by atoms with Crippen LogP contribution in [-0.2, 0) is 23.8 Å². The van der Waals surface area contributed by atoms with E-state index in [-0.39, 0.29) is 36.1 Å². The fraction of sp³-hybridized carbons (Fsp3) is 0.231. The van der Waals surface area contributed by atoms with Gasteiger partial charge in [-0.1, -0.05) is 25.3 Å². The van der Waals surface area contributed by atoms with E-state index in [1.165, 1.54) is 19.3 Å². The highest BCUT2D eigenvalue weighted by Gasteiger charge is 2.38. The summed E-state index contributed by atoms with van der Waals surface area (Å²) in [5, 5.41) is 0. The highest BCUT2D eigenvalue weighted by atomic mass is 16.5. The molecule has 0 aromatic rings. The number of carbonyl (C=O) groups excluding carboxylic acids is 2. The third-order valence-electron chi connectivity index (χ3n) is 2.06. The van der Waals surface area contributed by atoms with Gasteiger partial charge in [0.25, 0.3) is 0 Å². The smallest absolute Gasteiger partial charge is 0.331 e. The second-order valence-electron chi connectivity index (χ2n) is 3.27. The van der Waals surface area contributed by atoms with Crippen LogP contribution in [0.4, 0.5) is 0 Å². The Morgan fingerprint density at radius 2 is 1.72 bits per heavy atom. The molecule has 0 saturated carbocycles. The Kier molecular flexibility index (Phi) is 4.92. The molecule has 0 N–H and O–H groups in total. The molecule has 1 rings (SSSR count). The number of Topliss-reactive ketones (excluding diaryl/α,β-unsaturated/α-hetero) is 1. The van der Waals surface area contributed by atoms with Crippen LogP contribution < -0.4 is 0 Å². The van der Waals surface area contributed by atoms with Crippen LogP contribution in [0.25, 0.3) is 0 Å². The first-order chi connectivity index (χ1) is 8.65. The molecule has 96 valence electrons. The van der Waals surface area contributed by atoms with Gasteiger partial charge in [-0.05, 0) is 0 Å². The van der Waals surface area contributed by atoms with E-state index < -0.39 is 5.97 Å². The third-order valence-corrected chi connectivity index (χ3v) is 2.06. The van der Waals surface area contributed by atoms with Crippen molar-refractivity contribution in [3.05, 3.63) is 48.5 Å². The number of esters is 1. The van der Waals surface area contributed by atoms with Gasteiger partial charge < -0.3 is 14.2 Å². The molecule has 0 atom stereocenters. The Labute approximate surface area is 105 Å². The highest BCUT2D eigenvalue weighted by Crippen LogP contribution is 2.32. The van der Waals surface area contributed by atoms with Crippen LogP contribution in [0.15, 0.2) is 48.5 Å². The van der Waals surface area contributed by atoms with Crippen LogP contribution in [0.2, 0.25) is 0 Å². The molecule has 0 amide bonds. The Morgan fingerprint density at radius 3 is 2.22 bits per heavy atom. The second-order valence-corrected chi connectivity index (χ2v) is 3.27. The van der Waals surface area contributed by atoms with Crippen molar-refractivity contribution in [1.29, 1.82) is 0 Å². The molecule has 0 unspecified atom stereocenters. The van der Waals surface area contributed by atoms with Gasteiger partial charge in [0.2, 0.25) is 11.5 Å². The summed E-state index contributed by atoms with van der Waals surface area (Å²) >= 11 is 0. The molecule has 5 nitrogen and oxygen atoms in total. The van der Waals surface area contributed by atoms with Gasteiger partial charge in [0.1, 0.15) is 13.2 Å². The average molecular weight is 250 g/mol. The molecular weight excluding hydrogens is 236 g/mol. The van der Waals surface area contributed by atoms with Crippen molar-refractivity contribution in [2.24, 2.45) is 0 Å². The minimum atomic E-state index is -0.624. The second kappa shape index (κ2) is 6.44. The molecule has 0 radical (unpaired) electrons. The van der Waals surface area contributed by atoms with E-state index in [9.17, 15) is 9.59 Å². The largest absolute Gasteiger partial charge is 0.485 e. The lowest BCUT2D eigenvalue weighted by Gasteiger charge is -2.24. The first kappa shape index (κ1) is 13.8. The van der Waals surface area contributed by atoms with Gasteiger partial charge in [0, 0.05) is 6.08 Å². The fourth-order valence-corrected chi connectivity index (χ4v) is 1.26. The van der Waals surface area contributed by atoms with E-state index in [4.69, 9.17) is 9.47 Å². The van der Waals surface area contributed by atoms with E-state index in [0.29, 0.717) is 0 Å². The van der Waals surface area contributed by atoms with Crippen molar-refractivity contribution in [2.45, 2.75) is 0 Å². The molecule has 5 heteroatoms. The lowest BCUT2D eigenvalue weighted by atomic mass is 9.95. The molecule has 0 heterocycles. The highest BCUT2D eigenvalue weighted by molar-refractivity contribution is 6.19. The van der Waals surface area contributed by atoms with Gasteiger partial charge in [-0.15, -0.1) is 0 Å². The molecule has 0 aliphatic heterocycles. The Balaban J connectivity index is 2.93. The van der Waals surface area contributed by atoms with Crippen molar-refractivity contribution in [2.75, 3.05) is 20.3 Å². The number of ether oxygens (including phenoxy) is 3. The lowest BCUT2D eigenvalue weighted by Crippen LogP contribution is -2.27. The Hall–Kier alpha value is -2.30. The van der Waals surface area contributed by atoms with E-state index in [2.05, 4.69) is 17.9 Å². The topological polar surface area (TPSA) is 61.8 Å². The number of allylic oxidation sites excluding steroid dienone is 2. The first-order valence-corrected chi connectivity index (χ1v) is 5.22. The summed E-state index contributed by atoms with van der Waals surface area (Å²) in [4.78, 5) is 22.8. The molecule has 0 aromatic carbocycles. The van der Waals surface area contributed by atoms with E-state index in [0.717, 1.165) is 6.08 Å². The van der Waals surface area contributed by atoms with Crippen LogP contribution in [0.1, 0.15) is 0 Å². The number of rotatable bonds is 7. The quantitative estimate of drug-likeness (QED) is 0.387. The summed E-state index contributed by atoms with van der Waals surface area (Å²) in [5.74, 6) is -0.679. The minimum Gasteiger partial charge on any atom is -0.485 e. The molecule has 0 spiro atoms. The maximum atomic E-state index is 11.7. The van der Waals surface area contributed by atoms with Crippen molar-refractivity contribution in [3.63, 3.8) is 0 Å². The first-order valence-electron chi connectivity index (χ1n) is 5.22. The molecule has 0 fully saturated rings. The van der Waals surface area contributed by atoms with Crippen LogP contribution >= 0.6 is 0 Å². The summed E-state index contributed by atoms with van der Waals surface area (Å²) in [6.45, 7) is 7.38. The Morgan fingerprint density at radius 1 is 1.17 bits per heavy atom. The monoisotopic (exact) mass is 250 g/mol. The predicted octanol–water partition coefficient (Wildman–Crippen LogP) is 1.29. The standard InChI is InChI=1S/C13H14O5/c1-4-6-17-12-9(8-10(14)16-3)11(15)13(12)18-7-5-2/h4-5,8H,1-2,6-7H2,3H3/b9-8-. The SMILES string of the molecule is C=CCOC1=C(OCC=C)/C(=C\C(=O)OC)C1=O. The van der Waals surface area contributed by atoms with Gasteiger partial charge in [0.05, 0.1) is 12.7 Å². The Bertz CT molecular complexity index is 442. The van der Waals surface area contributed by atoms with Crippen molar-refractivity contribution in [1.82, 2.24) is 0 Å². The summed E-state index contributed by atoms with van der Waals surface area (Å²) in [7, 11) is 1.23. The summed E-state index contributed by atoms with van der Waals surface area (Å²) in [5.41, 5.74) is 0.141. The summed E-state index contributed by atoms with van der Waals surface area (Å²) < 4.78 is 14.9. The maximum Gasteiger partial charge on any atom is 0.331 e. The zero-order valence-corrected chi connectivity index (χ0v) is 10.1. The summed E-state index contributed by atoms with van der Waals surface area (Å²) in [6, 6.07) is 0. The molecule has 1 aliphatic rings. The van der Waals surface area contributed by atoms with Crippen molar-refractivity contribution < 1.29 is 23.8 Å².